The smallest absolute Gasteiger partial charge is 0.321 e. The lowest BCUT2D eigenvalue weighted by Crippen LogP contribution is -2.52. The van der Waals surface area contributed by atoms with Gasteiger partial charge in [-0.2, -0.15) is 0 Å². The molecule has 2 heterocycles. The molecule has 50 heavy (non-hydrogen) atoms. The molecule has 13 heteroatoms. The van der Waals surface area contributed by atoms with Gasteiger partial charge in [0, 0.05) is 43.3 Å². The highest BCUT2D eigenvalue weighted by Crippen LogP contribution is 2.63. The molecule has 2 amide bonds. The van der Waals surface area contributed by atoms with E-state index in [1.807, 2.05) is 26.0 Å². The summed E-state index contributed by atoms with van der Waals surface area (Å²) in [7, 11) is 0. The van der Waals surface area contributed by atoms with Gasteiger partial charge in [-0.3, -0.25) is 20.2 Å². The molecule has 2 unspecified atom stereocenters. The molecule has 3 fully saturated rings. The van der Waals surface area contributed by atoms with Gasteiger partial charge in [0.25, 0.3) is 11.4 Å². The Morgan fingerprint density at radius 3 is 1.92 bits per heavy atom. The quantitative estimate of drug-likeness (QED) is 0.150. The van der Waals surface area contributed by atoms with Crippen LogP contribution in [0.2, 0.25) is 0 Å². The number of carbonyl (C=O) groups is 1. The zero-order chi connectivity index (χ0) is 35.4. The summed E-state index contributed by atoms with van der Waals surface area (Å²) in [4.78, 5) is 41.3. The SMILES string of the molecule is CC1(C)O[C@H]2[C@@H](Cc3ccc(O)cc3)N(Cc3cccc([N+](=O)[O-])c3)C(=O)N(Cc3cccc([N+](=O)[O-])c3)C3(CC3c3ccc(O)cc3)[C@@H]2O1. The number of hydrogen-bond acceptors (Lipinski definition) is 9. The van der Waals surface area contributed by atoms with Crippen molar-refractivity contribution < 1.29 is 34.3 Å². The molecule has 2 saturated heterocycles. The number of carbonyl (C=O) groups excluding carboxylic acids is 1. The number of nitro benzene ring substituents is 2. The lowest BCUT2D eigenvalue weighted by molar-refractivity contribution is -0.385. The topological polar surface area (TPSA) is 169 Å². The third-order valence-electron chi connectivity index (χ3n) is 9.97. The monoisotopic (exact) mass is 680 g/mol. The van der Waals surface area contributed by atoms with Crippen LogP contribution in [0.15, 0.2) is 97.1 Å². The van der Waals surface area contributed by atoms with E-state index >= 15 is 4.79 Å². The number of phenolic OH excluding ortho intramolecular Hbond substituents is 2. The number of rotatable bonds is 9. The van der Waals surface area contributed by atoms with E-state index < -0.39 is 39.4 Å². The number of hydrogen-bond donors (Lipinski definition) is 2. The maximum absolute atomic E-state index is 15.3. The molecule has 3 aliphatic rings. The fourth-order valence-electron chi connectivity index (χ4n) is 7.67. The molecule has 1 aliphatic carbocycles. The summed E-state index contributed by atoms with van der Waals surface area (Å²) in [5, 5.41) is 43.6. The molecule has 1 spiro atoms. The first kappa shape index (κ1) is 33.0. The van der Waals surface area contributed by atoms with E-state index in [-0.39, 0.29) is 47.9 Å². The predicted octanol–water partition coefficient (Wildman–Crippen LogP) is 6.41. The second-order valence-electron chi connectivity index (χ2n) is 13.6. The molecule has 5 atom stereocenters. The van der Waals surface area contributed by atoms with E-state index in [0.29, 0.717) is 24.0 Å². The van der Waals surface area contributed by atoms with Crippen LogP contribution >= 0.6 is 0 Å². The molecule has 13 nitrogen and oxygen atoms in total. The van der Waals surface area contributed by atoms with Crippen molar-refractivity contribution in [1.82, 2.24) is 9.80 Å². The molecular formula is C37H36N4O9. The van der Waals surface area contributed by atoms with E-state index in [1.165, 1.54) is 24.3 Å². The van der Waals surface area contributed by atoms with Crippen molar-refractivity contribution in [2.75, 3.05) is 0 Å². The fraction of sp³-hybridized carbons (Fsp3) is 0.324. The maximum atomic E-state index is 15.3. The lowest BCUT2D eigenvalue weighted by atomic mass is 9.90. The summed E-state index contributed by atoms with van der Waals surface area (Å²) in [6, 6.07) is 24.8. The zero-order valence-corrected chi connectivity index (χ0v) is 27.4. The van der Waals surface area contributed by atoms with E-state index in [9.17, 15) is 30.4 Å². The average molecular weight is 681 g/mol. The molecule has 1 saturated carbocycles. The van der Waals surface area contributed by atoms with Crippen LogP contribution in [0.5, 0.6) is 11.5 Å². The number of urea groups is 1. The van der Waals surface area contributed by atoms with E-state index in [4.69, 9.17) is 9.47 Å². The van der Waals surface area contributed by atoms with Crippen LogP contribution in [0.25, 0.3) is 0 Å². The summed E-state index contributed by atoms with van der Waals surface area (Å²) in [6.45, 7) is 3.66. The van der Waals surface area contributed by atoms with Gasteiger partial charge < -0.3 is 29.5 Å². The highest BCUT2D eigenvalue weighted by molar-refractivity contribution is 5.78. The number of nitrogens with zero attached hydrogens (tertiary/aromatic N) is 4. The first-order valence-electron chi connectivity index (χ1n) is 16.3. The minimum atomic E-state index is -1.05. The van der Waals surface area contributed by atoms with Gasteiger partial charge in [0.2, 0.25) is 0 Å². The van der Waals surface area contributed by atoms with Gasteiger partial charge in [0.1, 0.15) is 23.7 Å². The zero-order valence-electron chi connectivity index (χ0n) is 27.4. The first-order valence-corrected chi connectivity index (χ1v) is 16.3. The van der Waals surface area contributed by atoms with Crippen molar-refractivity contribution >= 4 is 17.4 Å². The molecule has 0 aromatic heterocycles. The number of aromatic hydroxyl groups is 2. The Morgan fingerprint density at radius 2 is 1.34 bits per heavy atom. The largest absolute Gasteiger partial charge is 0.508 e. The van der Waals surface area contributed by atoms with Crippen molar-refractivity contribution in [3.8, 4) is 11.5 Å². The molecule has 2 N–H and O–H groups in total. The van der Waals surface area contributed by atoms with Crippen molar-refractivity contribution in [2.24, 2.45) is 0 Å². The second kappa shape index (κ2) is 12.4. The van der Waals surface area contributed by atoms with Gasteiger partial charge in [-0.25, -0.2) is 4.79 Å². The number of non-ortho nitro benzene ring substituents is 2. The molecule has 0 bridgehead atoms. The van der Waals surface area contributed by atoms with E-state index in [2.05, 4.69) is 0 Å². The van der Waals surface area contributed by atoms with Crippen molar-refractivity contribution in [3.05, 3.63) is 140 Å². The first-order chi connectivity index (χ1) is 23.8. The highest BCUT2D eigenvalue weighted by atomic mass is 16.8. The average Bonchev–Trinajstić information content (AvgIpc) is 3.75. The van der Waals surface area contributed by atoms with Gasteiger partial charge in [-0.15, -0.1) is 0 Å². The Balaban J connectivity index is 1.40. The molecule has 7 rings (SSSR count). The maximum Gasteiger partial charge on any atom is 0.321 e. The van der Waals surface area contributed by atoms with Crippen molar-refractivity contribution in [2.45, 2.75) is 75.3 Å². The molecule has 4 aromatic rings. The standard InChI is InChI=1S/C37H36N4O9/c1-36(2)49-33-32(19-23-9-13-29(42)14-10-23)38(21-24-5-3-7-27(17-24)40(45)46)35(44)39(22-25-6-4-8-28(18-25)41(47)48)37(34(33)50-36)20-31(37)26-11-15-30(43)16-12-26/h3-18,31-34,42-43H,19-22H2,1-2H3/t31?,32-,33+,34-,37?/m1/s1. The van der Waals surface area contributed by atoms with Crippen LogP contribution in [0, 0.1) is 20.2 Å². The van der Waals surface area contributed by atoms with E-state index in [0.717, 1.165) is 11.1 Å². The number of phenols is 2. The third-order valence-corrected chi connectivity index (χ3v) is 9.97. The van der Waals surface area contributed by atoms with Crippen LogP contribution in [-0.2, 0) is 29.0 Å². The van der Waals surface area contributed by atoms with Crippen LogP contribution in [0.3, 0.4) is 0 Å². The van der Waals surface area contributed by atoms with Crippen LogP contribution in [-0.4, -0.2) is 65.5 Å². The summed E-state index contributed by atoms with van der Waals surface area (Å²) in [6.07, 6.45) is -0.517. The summed E-state index contributed by atoms with van der Waals surface area (Å²) in [5.41, 5.74) is 1.61. The number of benzene rings is 4. The van der Waals surface area contributed by atoms with Gasteiger partial charge in [0.05, 0.1) is 21.4 Å². The third kappa shape index (κ3) is 6.09. The van der Waals surface area contributed by atoms with Crippen molar-refractivity contribution in [1.29, 1.82) is 0 Å². The minimum absolute atomic E-state index is 0.00165. The molecule has 2 aliphatic heterocycles. The Bertz CT molecular complexity index is 1950. The van der Waals surface area contributed by atoms with Crippen molar-refractivity contribution in [3.63, 3.8) is 0 Å². The molecular weight excluding hydrogens is 644 g/mol. The van der Waals surface area contributed by atoms with Gasteiger partial charge >= 0.3 is 6.03 Å². The molecule has 258 valence electrons. The number of fused-ring (bicyclic) bond motifs is 2. The number of ether oxygens (including phenoxy) is 2. The highest BCUT2D eigenvalue weighted by Gasteiger charge is 2.72. The summed E-state index contributed by atoms with van der Waals surface area (Å²) >= 11 is 0. The normalized spacial score (nSPS) is 25.3. The number of nitro groups is 2. The van der Waals surface area contributed by atoms with E-state index in [1.54, 1.807) is 70.5 Å². The van der Waals surface area contributed by atoms with Gasteiger partial charge in [-0.1, -0.05) is 48.5 Å². The Kier molecular flexibility index (Phi) is 8.19. The predicted molar refractivity (Wildman–Crippen MR) is 180 cm³/mol. The van der Waals surface area contributed by atoms with Gasteiger partial charge in [-0.05, 0) is 73.2 Å². The summed E-state index contributed by atoms with van der Waals surface area (Å²) < 4.78 is 13.5. The summed E-state index contributed by atoms with van der Waals surface area (Å²) in [5.74, 6) is -1.09. The fourth-order valence-corrected chi connectivity index (χ4v) is 7.67. The van der Waals surface area contributed by atoms with Gasteiger partial charge in [0.15, 0.2) is 5.79 Å². The number of amides is 2. The Labute approximate surface area is 287 Å². The second-order valence-corrected chi connectivity index (χ2v) is 13.6. The van der Waals surface area contributed by atoms with Crippen LogP contribution < -0.4 is 0 Å². The lowest BCUT2D eigenvalue weighted by Gasteiger charge is -2.38. The molecule has 0 radical (unpaired) electrons. The Hall–Kier alpha value is -5.53. The minimum Gasteiger partial charge on any atom is -0.508 e. The molecule has 4 aromatic carbocycles. The van der Waals surface area contributed by atoms with Crippen LogP contribution in [0.1, 0.15) is 48.4 Å². The Morgan fingerprint density at radius 1 is 0.780 bits per heavy atom. The van der Waals surface area contributed by atoms with Crippen LogP contribution in [0.4, 0.5) is 16.2 Å².